The lowest BCUT2D eigenvalue weighted by atomic mass is 9.52. The molecule has 2 aromatic rings. The zero-order chi connectivity index (χ0) is 24.4. The number of benzene rings is 1. The maximum atomic E-state index is 14.1. The van der Waals surface area contributed by atoms with Gasteiger partial charge in [0.2, 0.25) is 15.9 Å². The van der Waals surface area contributed by atoms with Crippen LogP contribution in [0.3, 0.4) is 0 Å². The normalized spacial score (nSPS) is 36.5. The smallest absolute Gasteiger partial charge is 0.246 e. The molecule has 35 heavy (non-hydrogen) atoms. The molecule has 6 atom stereocenters. The third kappa shape index (κ3) is 3.56. The number of carbonyl (C=O) groups is 1. The summed E-state index contributed by atoms with van der Waals surface area (Å²) in [6.45, 7) is 4.16. The van der Waals surface area contributed by atoms with Crippen LogP contribution in [-0.2, 0) is 14.8 Å². The molecule has 186 valence electrons. The highest BCUT2D eigenvalue weighted by Gasteiger charge is 2.58. The Hall–Kier alpha value is -2.29. The second kappa shape index (κ2) is 8.11. The van der Waals surface area contributed by atoms with Crippen molar-refractivity contribution in [1.29, 1.82) is 0 Å². The lowest BCUT2D eigenvalue weighted by Crippen LogP contribution is -2.65. The fourth-order valence-corrected chi connectivity index (χ4v) is 9.85. The van der Waals surface area contributed by atoms with Crippen molar-refractivity contribution >= 4 is 26.8 Å². The Labute approximate surface area is 206 Å². The van der Waals surface area contributed by atoms with E-state index in [0.29, 0.717) is 24.3 Å². The Morgan fingerprint density at radius 2 is 1.94 bits per heavy atom. The van der Waals surface area contributed by atoms with Gasteiger partial charge in [0.1, 0.15) is 10.4 Å². The average Bonchev–Trinajstić information content (AvgIpc) is 3.26. The molecule has 2 N–H and O–H groups in total. The van der Waals surface area contributed by atoms with E-state index >= 15 is 0 Å². The molecule has 4 aliphatic carbocycles. The average molecular weight is 496 g/mol. The van der Waals surface area contributed by atoms with Crippen LogP contribution in [0.4, 0.5) is 0 Å². The van der Waals surface area contributed by atoms with Crippen LogP contribution in [0.15, 0.2) is 54.1 Å². The quantitative estimate of drug-likeness (QED) is 0.599. The molecule has 3 unspecified atom stereocenters. The zero-order valence-corrected chi connectivity index (χ0v) is 20.7. The number of para-hydroxylation sites is 1. The van der Waals surface area contributed by atoms with Gasteiger partial charge in [-0.05, 0) is 81.3 Å². The van der Waals surface area contributed by atoms with Gasteiger partial charge in [0.05, 0.1) is 11.1 Å². The highest BCUT2D eigenvalue weighted by atomic mass is 32.2. The Balaban J connectivity index is 1.34. The molecule has 7 rings (SSSR count). The van der Waals surface area contributed by atoms with Gasteiger partial charge >= 0.3 is 0 Å². The lowest BCUT2D eigenvalue weighted by molar-refractivity contribution is -0.150. The largest absolute Gasteiger partial charge is 0.390 e. The first-order valence-corrected chi connectivity index (χ1v) is 14.2. The van der Waals surface area contributed by atoms with Crippen molar-refractivity contribution in [2.45, 2.75) is 73.4 Å². The topological polar surface area (TPSA) is 99.6 Å². The van der Waals surface area contributed by atoms with Gasteiger partial charge in [-0.1, -0.05) is 24.3 Å². The Bertz CT molecular complexity index is 1270. The summed E-state index contributed by atoms with van der Waals surface area (Å²) in [5, 5.41) is 15.0. The molecular weight excluding hydrogens is 462 g/mol. The van der Waals surface area contributed by atoms with E-state index < -0.39 is 21.2 Å². The van der Waals surface area contributed by atoms with Crippen LogP contribution < -0.4 is 5.32 Å². The molecule has 0 spiro atoms. The fraction of sp³-hybridized carbons (Fsp3) is 0.556. The number of aliphatic hydroxyl groups is 1. The van der Waals surface area contributed by atoms with Crippen LogP contribution in [0, 0.1) is 17.8 Å². The second-order valence-electron chi connectivity index (χ2n) is 11.2. The molecule has 1 amide bonds. The molecule has 8 heteroatoms. The number of pyridine rings is 1. The van der Waals surface area contributed by atoms with Crippen LogP contribution in [0.1, 0.15) is 51.4 Å². The number of hydrogen-bond acceptors (Lipinski definition) is 5. The predicted octanol–water partition coefficient (Wildman–Crippen LogP) is 3.39. The van der Waals surface area contributed by atoms with Crippen molar-refractivity contribution in [3.05, 3.63) is 49.2 Å². The van der Waals surface area contributed by atoms with Gasteiger partial charge < -0.3 is 10.4 Å². The minimum atomic E-state index is -3.99. The van der Waals surface area contributed by atoms with Crippen LogP contribution in [-0.4, -0.2) is 52.4 Å². The van der Waals surface area contributed by atoms with Crippen molar-refractivity contribution in [2.75, 3.05) is 6.54 Å². The van der Waals surface area contributed by atoms with E-state index in [1.807, 2.05) is 12.1 Å². The van der Waals surface area contributed by atoms with Gasteiger partial charge in [-0.25, -0.2) is 8.42 Å². The monoisotopic (exact) mass is 495 g/mol. The van der Waals surface area contributed by atoms with Gasteiger partial charge in [0, 0.05) is 24.2 Å². The molecule has 1 saturated heterocycles. The first kappa shape index (κ1) is 23.1. The van der Waals surface area contributed by atoms with E-state index in [-0.39, 0.29) is 41.6 Å². The standard InChI is InChI=1S/C27H33N3O4S/c1-2-9-27(25(31)29-23-20-13-18-14-21(23)17-26(32,15-18)16-20)10-5-12-30(27)35(33,34)22-8-3-6-19-7-4-11-28-24(19)22/h2-4,6-8,11,18,20-21,23,32H,1,5,9-10,12-17H2,(H,29,31)/t18?,20-,21+,23?,26?,27-/m1/s1. The summed E-state index contributed by atoms with van der Waals surface area (Å²) in [6, 6.07) is 8.76. The summed E-state index contributed by atoms with van der Waals surface area (Å²) in [5.74, 6) is 0.820. The Kier molecular flexibility index (Phi) is 5.36. The number of rotatable bonds is 6. The van der Waals surface area contributed by atoms with E-state index in [9.17, 15) is 18.3 Å². The van der Waals surface area contributed by atoms with Gasteiger partial charge in [-0.15, -0.1) is 6.58 Å². The van der Waals surface area contributed by atoms with E-state index in [4.69, 9.17) is 0 Å². The summed E-state index contributed by atoms with van der Waals surface area (Å²) in [7, 11) is -3.99. The molecule has 7 nitrogen and oxygen atoms in total. The van der Waals surface area contributed by atoms with Crippen molar-refractivity contribution in [1.82, 2.24) is 14.6 Å². The zero-order valence-electron chi connectivity index (χ0n) is 19.9. The van der Waals surface area contributed by atoms with Crippen LogP contribution >= 0.6 is 0 Å². The minimum absolute atomic E-state index is 0.00890. The van der Waals surface area contributed by atoms with Crippen molar-refractivity contribution in [2.24, 2.45) is 17.8 Å². The molecule has 1 aromatic heterocycles. The van der Waals surface area contributed by atoms with Gasteiger partial charge in [-0.3, -0.25) is 9.78 Å². The van der Waals surface area contributed by atoms with Crippen molar-refractivity contribution in [3.63, 3.8) is 0 Å². The van der Waals surface area contributed by atoms with Crippen LogP contribution in [0.2, 0.25) is 0 Å². The van der Waals surface area contributed by atoms with Gasteiger partial charge in [-0.2, -0.15) is 4.31 Å². The summed E-state index contributed by atoms with van der Waals surface area (Å²) in [4.78, 5) is 18.5. The molecule has 2 heterocycles. The molecule has 1 aromatic carbocycles. The van der Waals surface area contributed by atoms with Crippen LogP contribution in [0.25, 0.3) is 10.9 Å². The summed E-state index contributed by atoms with van der Waals surface area (Å²) in [5.41, 5.74) is -1.37. The fourth-order valence-electron chi connectivity index (χ4n) is 7.87. The first-order chi connectivity index (χ1) is 16.8. The third-order valence-corrected chi connectivity index (χ3v) is 11.0. The number of hydrogen-bond donors (Lipinski definition) is 2. The maximum Gasteiger partial charge on any atom is 0.246 e. The number of amides is 1. The maximum absolute atomic E-state index is 14.1. The number of aromatic nitrogens is 1. The van der Waals surface area contributed by atoms with Gasteiger partial charge in [0.15, 0.2) is 0 Å². The molecule has 0 radical (unpaired) electrons. The van der Waals surface area contributed by atoms with Crippen molar-refractivity contribution < 1.29 is 18.3 Å². The molecule has 1 aliphatic heterocycles. The molecular formula is C27H33N3O4S. The molecule has 5 fully saturated rings. The lowest BCUT2D eigenvalue weighted by Gasteiger charge is -2.58. The van der Waals surface area contributed by atoms with E-state index in [1.54, 1.807) is 30.5 Å². The van der Waals surface area contributed by atoms with Gasteiger partial charge in [0.25, 0.3) is 0 Å². The highest BCUT2D eigenvalue weighted by molar-refractivity contribution is 7.89. The number of nitrogens with zero attached hydrogens (tertiary/aromatic N) is 2. The van der Waals surface area contributed by atoms with E-state index in [2.05, 4.69) is 16.9 Å². The summed E-state index contributed by atoms with van der Waals surface area (Å²) < 4.78 is 29.5. The summed E-state index contributed by atoms with van der Waals surface area (Å²) >= 11 is 0. The summed E-state index contributed by atoms with van der Waals surface area (Å²) in [6.07, 6.45) is 8.96. The highest BCUT2D eigenvalue weighted by Crippen LogP contribution is 2.56. The van der Waals surface area contributed by atoms with E-state index in [0.717, 1.165) is 37.5 Å². The number of sulfonamides is 1. The predicted molar refractivity (Wildman–Crippen MR) is 133 cm³/mol. The number of carbonyl (C=O) groups excluding carboxylic acids is 1. The molecule has 5 aliphatic rings. The third-order valence-electron chi connectivity index (χ3n) is 9.04. The number of fused-ring (bicyclic) bond motifs is 1. The SMILES string of the molecule is C=CC[C@]1(C(=O)NC2[C@@H]3CC4C[C@H]2CC(O)(C4)C3)CCCN1S(=O)(=O)c1cccc2cccnc12. The van der Waals surface area contributed by atoms with Crippen molar-refractivity contribution in [3.8, 4) is 0 Å². The Morgan fingerprint density at radius 3 is 2.66 bits per heavy atom. The minimum Gasteiger partial charge on any atom is -0.390 e. The molecule has 4 bridgehead atoms. The number of nitrogens with one attached hydrogen (secondary N) is 1. The first-order valence-electron chi connectivity index (χ1n) is 12.8. The Morgan fingerprint density at radius 1 is 1.20 bits per heavy atom. The van der Waals surface area contributed by atoms with Crippen LogP contribution in [0.5, 0.6) is 0 Å². The second-order valence-corrected chi connectivity index (χ2v) is 13.1. The van der Waals surface area contributed by atoms with E-state index in [1.165, 1.54) is 4.31 Å². The molecule has 4 saturated carbocycles.